The summed E-state index contributed by atoms with van der Waals surface area (Å²) in [5.41, 5.74) is 1.35. The van der Waals surface area contributed by atoms with Gasteiger partial charge in [0.15, 0.2) is 5.78 Å². The Bertz CT molecular complexity index is 614. The number of anilines is 1. The molecular formula is C14H14ClN3O2. The summed E-state index contributed by atoms with van der Waals surface area (Å²) in [4.78, 5) is 19.4. The Morgan fingerprint density at radius 1 is 1.30 bits per heavy atom. The molecule has 1 heterocycles. The van der Waals surface area contributed by atoms with E-state index in [2.05, 4.69) is 15.3 Å². The molecule has 0 atom stereocenters. The van der Waals surface area contributed by atoms with Crippen LogP contribution >= 0.6 is 11.6 Å². The second-order valence-electron chi connectivity index (χ2n) is 4.15. The first-order valence-electron chi connectivity index (χ1n) is 6.00. The molecule has 1 N–H and O–H groups in total. The third-order valence-electron chi connectivity index (χ3n) is 2.77. The van der Waals surface area contributed by atoms with Crippen LogP contribution in [0.5, 0.6) is 5.75 Å². The van der Waals surface area contributed by atoms with Gasteiger partial charge in [-0.15, -0.1) is 0 Å². The minimum atomic E-state index is -0.173. The van der Waals surface area contributed by atoms with Crippen LogP contribution < -0.4 is 10.1 Å². The van der Waals surface area contributed by atoms with Gasteiger partial charge in [-0.2, -0.15) is 0 Å². The maximum Gasteiger partial charge on any atom is 0.166 e. The van der Waals surface area contributed by atoms with Gasteiger partial charge in [0.05, 0.1) is 12.7 Å². The second-order valence-corrected chi connectivity index (χ2v) is 4.50. The highest BCUT2D eigenvalue weighted by atomic mass is 35.5. The van der Waals surface area contributed by atoms with E-state index < -0.39 is 0 Å². The minimum absolute atomic E-state index is 0.157. The Hall–Kier alpha value is -2.14. The van der Waals surface area contributed by atoms with E-state index in [-0.39, 0.29) is 10.9 Å². The Morgan fingerprint density at radius 2 is 2.00 bits per heavy atom. The number of nitrogens with one attached hydrogen (secondary N) is 1. The molecule has 0 bridgehead atoms. The predicted octanol–water partition coefficient (Wildman–Crippen LogP) is 2.95. The summed E-state index contributed by atoms with van der Waals surface area (Å²) in [5, 5.41) is 3.25. The number of Topliss-reactive ketones (excluding diaryl/α,β-unsaturated/α-hetero) is 1. The Balaban J connectivity index is 2.14. The fourth-order valence-corrected chi connectivity index (χ4v) is 2.01. The molecule has 20 heavy (non-hydrogen) atoms. The van der Waals surface area contributed by atoms with Gasteiger partial charge in [-0.25, -0.2) is 9.97 Å². The predicted molar refractivity (Wildman–Crippen MR) is 77.4 cm³/mol. The van der Waals surface area contributed by atoms with Crippen LogP contribution in [-0.4, -0.2) is 22.9 Å². The number of nitrogens with zero attached hydrogens (tertiary/aromatic N) is 2. The zero-order valence-corrected chi connectivity index (χ0v) is 11.9. The average Bonchev–Trinajstić information content (AvgIpc) is 2.45. The van der Waals surface area contributed by atoms with E-state index >= 15 is 0 Å². The molecule has 104 valence electrons. The van der Waals surface area contributed by atoms with Crippen molar-refractivity contribution in [2.75, 3.05) is 12.4 Å². The summed E-state index contributed by atoms with van der Waals surface area (Å²) in [6, 6.07) is 7.61. The van der Waals surface area contributed by atoms with Crippen LogP contribution in [-0.2, 0) is 6.54 Å². The highest BCUT2D eigenvalue weighted by Crippen LogP contribution is 2.21. The van der Waals surface area contributed by atoms with E-state index in [1.54, 1.807) is 7.11 Å². The molecule has 0 spiro atoms. The van der Waals surface area contributed by atoms with Crippen molar-refractivity contribution in [3.63, 3.8) is 0 Å². The number of halogens is 1. The summed E-state index contributed by atoms with van der Waals surface area (Å²) in [7, 11) is 1.62. The quantitative estimate of drug-likeness (QED) is 0.678. The van der Waals surface area contributed by atoms with Crippen molar-refractivity contribution < 1.29 is 9.53 Å². The third-order valence-corrected chi connectivity index (χ3v) is 3.06. The lowest BCUT2D eigenvalue weighted by Crippen LogP contribution is -2.08. The first-order valence-corrected chi connectivity index (χ1v) is 6.38. The molecule has 1 aromatic carbocycles. The molecule has 2 rings (SSSR count). The summed E-state index contributed by atoms with van der Waals surface area (Å²) < 4.78 is 5.10. The molecule has 0 unspecified atom stereocenters. The van der Waals surface area contributed by atoms with Crippen LogP contribution in [0.25, 0.3) is 0 Å². The number of rotatable bonds is 5. The molecule has 0 aliphatic carbocycles. The van der Waals surface area contributed by atoms with Crippen molar-refractivity contribution in [3.05, 3.63) is 46.9 Å². The van der Waals surface area contributed by atoms with E-state index in [1.807, 2.05) is 24.3 Å². The van der Waals surface area contributed by atoms with E-state index in [0.29, 0.717) is 17.9 Å². The first kappa shape index (κ1) is 14.3. The lowest BCUT2D eigenvalue weighted by atomic mass is 10.2. The van der Waals surface area contributed by atoms with Crippen molar-refractivity contribution in [1.29, 1.82) is 0 Å². The molecule has 0 aliphatic heterocycles. The zero-order valence-electron chi connectivity index (χ0n) is 11.2. The number of methoxy groups -OCH3 is 1. The van der Waals surface area contributed by atoms with E-state index in [0.717, 1.165) is 11.3 Å². The summed E-state index contributed by atoms with van der Waals surface area (Å²) in [5.74, 6) is 1.06. The fourth-order valence-electron chi connectivity index (χ4n) is 1.74. The largest absolute Gasteiger partial charge is 0.497 e. The number of aromatic nitrogens is 2. The highest BCUT2D eigenvalue weighted by molar-refractivity contribution is 6.33. The maximum atomic E-state index is 11.6. The Kier molecular flexibility index (Phi) is 4.53. The molecule has 0 aliphatic rings. The van der Waals surface area contributed by atoms with Crippen LogP contribution in [0.2, 0.25) is 5.15 Å². The van der Waals surface area contributed by atoms with Crippen LogP contribution in [0, 0.1) is 0 Å². The van der Waals surface area contributed by atoms with Gasteiger partial charge in [0, 0.05) is 6.54 Å². The van der Waals surface area contributed by atoms with Crippen LogP contribution in [0.1, 0.15) is 22.8 Å². The van der Waals surface area contributed by atoms with E-state index in [4.69, 9.17) is 16.3 Å². The van der Waals surface area contributed by atoms with E-state index in [1.165, 1.54) is 13.3 Å². The number of hydrogen-bond donors (Lipinski definition) is 1. The van der Waals surface area contributed by atoms with Crippen molar-refractivity contribution >= 4 is 23.2 Å². The van der Waals surface area contributed by atoms with Crippen LogP contribution in [0.15, 0.2) is 30.6 Å². The minimum Gasteiger partial charge on any atom is -0.497 e. The highest BCUT2D eigenvalue weighted by Gasteiger charge is 2.13. The first-order chi connectivity index (χ1) is 9.61. The van der Waals surface area contributed by atoms with E-state index in [9.17, 15) is 4.79 Å². The van der Waals surface area contributed by atoms with Gasteiger partial charge in [0.1, 0.15) is 23.0 Å². The summed E-state index contributed by atoms with van der Waals surface area (Å²) >= 11 is 5.92. The number of carbonyl (C=O) groups is 1. The normalized spacial score (nSPS) is 10.2. The molecule has 0 amide bonds. The molecule has 1 aromatic heterocycles. The maximum absolute atomic E-state index is 11.6. The molecule has 0 fully saturated rings. The van der Waals surface area contributed by atoms with Gasteiger partial charge in [0.25, 0.3) is 0 Å². The van der Waals surface area contributed by atoms with Crippen molar-refractivity contribution in [2.24, 2.45) is 0 Å². The van der Waals surface area contributed by atoms with Gasteiger partial charge in [0.2, 0.25) is 0 Å². The van der Waals surface area contributed by atoms with Crippen LogP contribution in [0.3, 0.4) is 0 Å². The monoisotopic (exact) mass is 291 g/mol. The zero-order chi connectivity index (χ0) is 14.5. The van der Waals surface area contributed by atoms with Crippen LogP contribution in [0.4, 0.5) is 5.82 Å². The molecular weight excluding hydrogens is 278 g/mol. The number of ketones is 1. The van der Waals surface area contributed by atoms with Crippen molar-refractivity contribution in [3.8, 4) is 5.75 Å². The van der Waals surface area contributed by atoms with Crippen molar-refractivity contribution in [2.45, 2.75) is 13.5 Å². The van der Waals surface area contributed by atoms with Gasteiger partial charge in [-0.05, 0) is 24.6 Å². The number of carbonyl (C=O) groups excluding carboxylic acids is 1. The van der Waals surface area contributed by atoms with Gasteiger partial charge in [-0.3, -0.25) is 4.79 Å². The summed E-state index contributed by atoms with van der Waals surface area (Å²) in [6.07, 6.45) is 1.32. The Morgan fingerprint density at radius 3 is 2.60 bits per heavy atom. The topological polar surface area (TPSA) is 64.1 Å². The SMILES string of the molecule is COc1ccc(CNc2ncnc(Cl)c2C(C)=O)cc1. The molecule has 5 nitrogen and oxygen atoms in total. The third kappa shape index (κ3) is 3.24. The summed E-state index contributed by atoms with van der Waals surface area (Å²) in [6.45, 7) is 1.96. The van der Waals surface area contributed by atoms with Crippen molar-refractivity contribution in [1.82, 2.24) is 9.97 Å². The molecule has 6 heteroatoms. The lowest BCUT2D eigenvalue weighted by Gasteiger charge is -2.10. The smallest absolute Gasteiger partial charge is 0.166 e. The lowest BCUT2D eigenvalue weighted by molar-refractivity contribution is 0.101. The Labute approximate surface area is 122 Å². The van der Waals surface area contributed by atoms with Gasteiger partial charge < -0.3 is 10.1 Å². The number of hydrogen-bond acceptors (Lipinski definition) is 5. The molecule has 0 saturated carbocycles. The number of ether oxygens (including phenoxy) is 1. The fraction of sp³-hybridized carbons (Fsp3) is 0.214. The molecule has 0 radical (unpaired) electrons. The second kappa shape index (κ2) is 6.34. The molecule has 2 aromatic rings. The average molecular weight is 292 g/mol. The molecule has 0 saturated heterocycles. The standard InChI is InChI=1S/C14H14ClN3O2/c1-9(19)12-13(15)17-8-18-14(12)16-7-10-3-5-11(20-2)6-4-10/h3-6,8H,7H2,1-2H3,(H,16,17,18). The van der Waals surface area contributed by atoms with Gasteiger partial charge in [-0.1, -0.05) is 23.7 Å². The number of benzene rings is 1. The van der Waals surface area contributed by atoms with Gasteiger partial charge >= 0.3 is 0 Å².